The molecule has 0 aliphatic heterocycles. The van der Waals surface area contributed by atoms with Gasteiger partial charge in [0.25, 0.3) is 0 Å². The Kier molecular flexibility index (Phi) is 11.1. The molecule has 0 N–H and O–H groups in total. The molecule has 18 aromatic carbocycles. The minimum atomic E-state index is 1.17. The molecule has 0 fully saturated rings. The molecule has 30 rings (SSSR count). The van der Waals surface area contributed by atoms with Crippen LogP contribution in [0.1, 0.15) is 0 Å². The lowest BCUT2D eigenvalue weighted by atomic mass is 10.0. The van der Waals surface area contributed by atoms with Crippen molar-refractivity contribution in [1.29, 1.82) is 0 Å². The summed E-state index contributed by atoms with van der Waals surface area (Å²) < 4.78 is 20.2. The van der Waals surface area contributed by atoms with Crippen LogP contribution in [0.15, 0.2) is 364 Å². The highest BCUT2D eigenvalue weighted by Gasteiger charge is 2.31. The van der Waals surface area contributed by atoms with Gasteiger partial charge in [-0.25, -0.2) is 0 Å². The van der Waals surface area contributed by atoms with Crippen LogP contribution >= 0.6 is 0 Å². The van der Waals surface area contributed by atoms with Gasteiger partial charge in [-0.05, 0) is 109 Å². The zero-order valence-corrected chi connectivity index (χ0v) is 62.2. The summed E-state index contributed by atoms with van der Waals surface area (Å²) in [4.78, 5) is 0. The minimum Gasteiger partial charge on any atom is -0.309 e. The molecule has 0 aliphatic rings. The molecule has 0 amide bonds. The first kappa shape index (κ1) is 60.1. The van der Waals surface area contributed by atoms with Gasteiger partial charge in [-0.2, -0.15) is 0 Å². The van der Waals surface area contributed by atoms with Crippen LogP contribution in [0, 0.1) is 0 Å². The standard InChI is InChI=1S/2C54H30N4/c1-3-13-31(14-4-1)55-43-23-9-7-17-39(43)49-45(55)27-25-37-33-19-11-21-35-41-30-48-42(29-47(41)57(51(33)35)53(37)49)36-22-12-20-34-38-26-28-46-50(54(38)58(48)52(34)36)40-18-8-10-24-44(40)56(46)32-15-5-2-6-16-32;1-3-13-31(14-4-1)55-45-23-9-7-17-33(45)39-25-27-41-35-19-11-21-37-43-30-48-44(29-47(43)57(49(35)37)53(41)51(39)55)38-22-12-20-36-42-28-26-40-34-18-8-10-24-46(34)56(32-15-5-2-6-16-32)52(40)54(42)58(48)50(36)38/h2*1-30H. The van der Waals surface area contributed by atoms with E-state index in [0.717, 1.165) is 0 Å². The van der Waals surface area contributed by atoms with Gasteiger partial charge >= 0.3 is 0 Å². The molecule has 8 heteroatoms. The Morgan fingerprint density at radius 3 is 0.647 bits per heavy atom. The quantitative estimate of drug-likeness (QED) is 0.168. The number of nitrogens with zero attached hydrogens (tertiary/aromatic N) is 8. The molecule has 532 valence electrons. The van der Waals surface area contributed by atoms with Gasteiger partial charge in [0.1, 0.15) is 0 Å². The number of para-hydroxylation sites is 12. The van der Waals surface area contributed by atoms with Crippen LogP contribution in [-0.2, 0) is 0 Å². The molecule has 0 saturated carbocycles. The second-order valence-corrected chi connectivity index (χ2v) is 32.1. The van der Waals surface area contributed by atoms with Crippen molar-refractivity contribution in [3.8, 4) is 22.7 Å². The first-order valence-electron chi connectivity index (χ1n) is 40.2. The predicted molar refractivity (Wildman–Crippen MR) is 489 cm³/mol. The molecule has 0 spiro atoms. The Morgan fingerprint density at radius 1 is 0.112 bits per heavy atom. The molecule has 0 unspecified atom stereocenters. The average Bonchev–Trinajstić information content (AvgIpc) is 1.51. The molecule has 12 aromatic heterocycles. The third-order valence-electron chi connectivity index (χ3n) is 26.7. The van der Waals surface area contributed by atoms with E-state index < -0.39 is 0 Å². The Hall–Kier alpha value is -15.6. The van der Waals surface area contributed by atoms with Crippen LogP contribution in [0.4, 0.5) is 0 Å². The molecule has 8 nitrogen and oxygen atoms in total. The van der Waals surface area contributed by atoms with Gasteiger partial charge in [0.2, 0.25) is 0 Å². The minimum absolute atomic E-state index is 1.17. The maximum absolute atomic E-state index is 2.59. The van der Waals surface area contributed by atoms with E-state index in [1.54, 1.807) is 0 Å². The zero-order chi connectivity index (χ0) is 74.8. The molecule has 0 radical (unpaired) electrons. The third-order valence-corrected chi connectivity index (χ3v) is 26.7. The number of fused-ring (bicyclic) bond motifs is 40. The van der Waals surface area contributed by atoms with Crippen LogP contribution in [-0.4, -0.2) is 35.9 Å². The van der Waals surface area contributed by atoms with E-state index in [1.807, 2.05) is 0 Å². The van der Waals surface area contributed by atoms with E-state index in [1.165, 1.54) is 262 Å². The summed E-state index contributed by atoms with van der Waals surface area (Å²) in [6.45, 7) is 0. The SMILES string of the molecule is c1ccc(-n2c3ccccc3c3c2ccc2c4cccc5c6cc7c(cc6n(c54)c23)c2cccc3c4ccc5c(c6ccccc6n5-c5ccccc5)c4n7c23)cc1.c1ccc(-n2c3ccccc3c3ccc4c5cccc6c7cc8c(cc7n(c65)c4c32)c2cccc3c4ccc5c6ccccc6n(-c6ccccc6)c5c4n8c23)cc1. The van der Waals surface area contributed by atoms with Gasteiger partial charge in [-0.15, -0.1) is 0 Å². The van der Waals surface area contributed by atoms with Crippen molar-refractivity contribution in [3.63, 3.8) is 0 Å². The number of hydrogen-bond donors (Lipinski definition) is 0. The summed E-state index contributed by atoms with van der Waals surface area (Å²) in [5.74, 6) is 0. The van der Waals surface area contributed by atoms with Crippen LogP contribution in [0.25, 0.3) is 262 Å². The van der Waals surface area contributed by atoms with Gasteiger partial charge in [0, 0.05) is 152 Å². The lowest BCUT2D eigenvalue weighted by Gasteiger charge is -2.10. The first-order chi connectivity index (χ1) is 57.7. The van der Waals surface area contributed by atoms with Crippen LogP contribution in [0.5, 0.6) is 0 Å². The molecule has 0 saturated heterocycles. The predicted octanol–water partition coefficient (Wildman–Crippen LogP) is 28.4. The summed E-state index contributed by atoms with van der Waals surface area (Å²) >= 11 is 0. The smallest absolute Gasteiger partial charge is 0.0789 e. The second kappa shape index (κ2) is 21.3. The number of rotatable bonds is 4. The monoisotopic (exact) mass is 1470 g/mol. The topological polar surface area (TPSA) is 37.4 Å². The molecule has 116 heavy (non-hydrogen) atoms. The highest BCUT2D eigenvalue weighted by molar-refractivity contribution is 6.37. The molecule has 0 aliphatic carbocycles. The van der Waals surface area contributed by atoms with E-state index in [2.05, 4.69) is 400 Å². The van der Waals surface area contributed by atoms with Crippen molar-refractivity contribution >= 4 is 240 Å². The lowest BCUT2D eigenvalue weighted by molar-refractivity contribution is 1.18. The Morgan fingerprint density at radius 2 is 0.328 bits per heavy atom. The molecule has 0 atom stereocenters. The number of hydrogen-bond acceptors (Lipinski definition) is 0. The van der Waals surface area contributed by atoms with E-state index >= 15 is 0 Å². The van der Waals surface area contributed by atoms with Gasteiger partial charge in [0.15, 0.2) is 0 Å². The Bertz CT molecular complexity index is 9020. The van der Waals surface area contributed by atoms with Gasteiger partial charge < -0.3 is 35.9 Å². The highest BCUT2D eigenvalue weighted by Crippen LogP contribution is 2.53. The Balaban J connectivity index is 0.000000119. The summed E-state index contributed by atoms with van der Waals surface area (Å²) in [7, 11) is 0. The van der Waals surface area contributed by atoms with Crippen molar-refractivity contribution in [3.05, 3.63) is 364 Å². The molecule has 12 heterocycles. The van der Waals surface area contributed by atoms with E-state index in [0.29, 0.717) is 0 Å². The zero-order valence-electron chi connectivity index (χ0n) is 62.2. The fourth-order valence-electron chi connectivity index (χ4n) is 22.4. The van der Waals surface area contributed by atoms with E-state index in [9.17, 15) is 0 Å². The van der Waals surface area contributed by atoms with Crippen molar-refractivity contribution in [1.82, 2.24) is 35.9 Å². The van der Waals surface area contributed by atoms with Gasteiger partial charge in [-0.3, -0.25) is 0 Å². The van der Waals surface area contributed by atoms with Crippen molar-refractivity contribution in [2.45, 2.75) is 0 Å². The molecular formula is C108H60N8. The third kappa shape index (κ3) is 7.18. The lowest BCUT2D eigenvalue weighted by Crippen LogP contribution is -1.95. The Labute approximate surface area is 657 Å². The highest BCUT2D eigenvalue weighted by atomic mass is 15.0. The summed E-state index contributed by atoms with van der Waals surface area (Å²) in [6, 6.07) is 135. The van der Waals surface area contributed by atoms with Crippen LogP contribution in [0.3, 0.4) is 0 Å². The number of benzene rings is 18. The van der Waals surface area contributed by atoms with Gasteiger partial charge in [0.05, 0.1) is 110 Å². The average molecular weight is 1470 g/mol. The molecule has 30 aromatic rings. The summed E-state index contributed by atoms with van der Waals surface area (Å²) in [6.07, 6.45) is 0. The molecule has 0 bridgehead atoms. The maximum atomic E-state index is 2.59. The van der Waals surface area contributed by atoms with E-state index in [4.69, 9.17) is 0 Å². The van der Waals surface area contributed by atoms with Crippen molar-refractivity contribution in [2.24, 2.45) is 0 Å². The molecular weight excluding hydrogens is 1410 g/mol. The summed E-state index contributed by atoms with van der Waals surface area (Å²) in [5.41, 5.74) is 29.7. The first-order valence-corrected chi connectivity index (χ1v) is 40.2. The van der Waals surface area contributed by atoms with Crippen LogP contribution in [0.2, 0.25) is 0 Å². The van der Waals surface area contributed by atoms with E-state index in [-0.39, 0.29) is 0 Å². The van der Waals surface area contributed by atoms with Crippen LogP contribution < -0.4 is 0 Å². The number of aromatic nitrogens is 8. The van der Waals surface area contributed by atoms with Crippen molar-refractivity contribution < 1.29 is 0 Å². The maximum Gasteiger partial charge on any atom is 0.0789 e. The second-order valence-electron chi connectivity index (χ2n) is 32.1. The fraction of sp³-hybridized carbons (Fsp3) is 0. The normalized spacial score (nSPS) is 12.8. The fourth-order valence-corrected chi connectivity index (χ4v) is 22.4. The largest absolute Gasteiger partial charge is 0.309 e. The van der Waals surface area contributed by atoms with Gasteiger partial charge in [-0.1, -0.05) is 255 Å². The van der Waals surface area contributed by atoms with Crippen molar-refractivity contribution in [2.75, 3.05) is 0 Å². The summed E-state index contributed by atoms with van der Waals surface area (Å²) in [5, 5.41) is 30.8.